The van der Waals surface area contributed by atoms with Crippen LogP contribution in [-0.4, -0.2) is 23.1 Å². The Hall–Kier alpha value is -3.38. The van der Waals surface area contributed by atoms with E-state index in [-0.39, 0.29) is 24.2 Å². The van der Waals surface area contributed by atoms with E-state index in [1.54, 1.807) is 18.2 Å². The molecule has 0 aliphatic heterocycles. The first-order valence-corrected chi connectivity index (χ1v) is 11.2. The molecule has 1 atom stereocenters. The van der Waals surface area contributed by atoms with Crippen LogP contribution in [-0.2, 0) is 4.74 Å². The van der Waals surface area contributed by atoms with Gasteiger partial charge in [-0.15, -0.1) is 0 Å². The van der Waals surface area contributed by atoms with Gasteiger partial charge in [0.25, 0.3) is 5.91 Å². The summed E-state index contributed by atoms with van der Waals surface area (Å²) in [5, 5.41) is 2.91. The van der Waals surface area contributed by atoms with Crippen LogP contribution in [0.4, 0.5) is 5.69 Å². The maximum Gasteiger partial charge on any atom is 0.257 e. The van der Waals surface area contributed by atoms with E-state index in [4.69, 9.17) is 14.2 Å². The molecule has 0 saturated carbocycles. The number of nitrogens with one attached hydrogen (secondary N) is 1. The van der Waals surface area contributed by atoms with Gasteiger partial charge in [0.2, 0.25) is 0 Å². The summed E-state index contributed by atoms with van der Waals surface area (Å²) in [6.07, 6.45) is 0.0991. The SMILES string of the molecule is Cc1nc(C(C)OC(C)C)ccc1C(=O)Nc1ccc(Oc2ccc(OC(C)C)cc2)cc1. The fraction of sp³-hybridized carbons (Fsp3) is 0.333. The van der Waals surface area contributed by atoms with E-state index in [0.29, 0.717) is 28.4 Å². The van der Waals surface area contributed by atoms with Crippen molar-refractivity contribution < 1.29 is 19.0 Å². The van der Waals surface area contributed by atoms with Crippen molar-refractivity contribution in [2.45, 2.75) is 59.9 Å². The fourth-order valence-electron chi connectivity index (χ4n) is 3.32. The summed E-state index contributed by atoms with van der Waals surface area (Å²) in [4.78, 5) is 17.3. The van der Waals surface area contributed by atoms with Crippen molar-refractivity contribution in [3.05, 3.63) is 77.6 Å². The number of amides is 1. The van der Waals surface area contributed by atoms with Gasteiger partial charge in [-0.3, -0.25) is 9.78 Å². The maximum atomic E-state index is 12.8. The van der Waals surface area contributed by atoms with Gasteiger partial charge in [0.15, 0.2) is 0 Å². The van der Waals surface area contributed by atoms with E-state index in [0.717, 1.165) is 11.4 Å². The van der Waals surface area contributed by atoms with Crippen molar-refractivity contribution in [1.82, 2.24) is 4.98 Å². The summed E-state index contributed by atoms with van der Waals surface area (Å²) in [6.45, 7) is 11.7. The summed E-state index contributed by atoms with van der Waals surface area (Å²) >= 11 is 0. The second-order valence-electron chi connectivity index (χ2n) is 8.41. The highest BCUT2D eigenvalue weighted by Gasteiger charge is 2.15. The van der Waals surface area contributed by atoms with E-state index >= 15 is 0 Å². The molecule has 1 aromatic heterocycles. The van der Waals surface area contributed by atoms with Crippen molar-refractivity contribution in [2.75, 3.05) is 5.32 Å². The first-order valence-electron chi connectivity index (χ1n) is 11.2. The number of hydrogen-bond donors (Lipinski definition) is 1. The first-order chi connectivity index (χ1) is 15.7. The summed E-state index contributed by atoms with van der Waals surface area (Å²) in [6, 6.07) is 18.3. The number of benzene rings is 2. The van der Waals surface area contributed by atoms with Crippen LogP contribution in [0.25, 0.3) is 0 Å². The van der Waals surface area contributed by atoms with Crippen LogP contribution in [0.1, 0.15) is 62.5 Å². The fourth-order valence-corrected chi connectivity index (χ4v) is 3.32. The maximum absolute atomic E-state index is 12.8. The first kappa shape index (κ1) is 24.3. The molecule has 0 radical (unpaired) electrons. The minimum absolute atomic E-state index is 0.107. The highest BCUT2D eigenvalue weighted by Crippen LogP contribution is 2.26. The van der Waals surface area contributed by atoms with E-state index in [2.05, 4.69) is 10.3 Å². The van der Waals surface area contributed by atoms with Gasteiger partial charge in [-0.25, -0.2) is 0 Å². The van der Waals surface area contributed by atoms with Crippen LogP contribution in [0, 0.1) is 6.92 Å². The molecule has 6 heteroatoms. The standard InChI is InChI=1S/C27H32N2O4/c1-17(2)31-20(6)26-16-15-25(19(5)28-26)27(30)29-21-7-9-23(10-8-21)33-24-13-11-22(12-14-24)32-18(3)4/h7-18,20H,1-6H3,(H,29,30). The largest absolute Gasteiger partial charge is 0.491 e. The zero-order chi connectivity index (χ0) is 24.0. The Morgan fingerprint density at radius 2 is 1.36 bits per heavy atom. The van der Waals surface area contributed by atoms with Crippen LogP contribution in [0.15, 0.2) is 60.7 Å². The van der Waals surface area contributed by atoms with Gasteiger partial charge >= 0.3 is 0 Å². The molecular weight excluding hydrogens is 416 g/mol. The quantitative estimate of drug-likeness (QED) is 0.394. The number of pyridine rings is 1. The molecule has 3 aromatic rings. The van der Waals surface area contributed by atoms with Crippen LogP contribution in [0.2, 0.25) is 0 Å². The Balaban J connectivity index is 1.61. The number of carbonyl (C=O) groups is 1. The molecule has 174 valence electrons. The molecule has 0 spiro atoms. The Bertz CT molecular complexity index is 1060. The van der Waals surface area contributed by atoms with Gasteiger partial charge in [-0.05, 0) is 102 Å². The van der Waals surface area contributed by atoms with E-state index in [1.807, 2.05) is 84.0 Å². The third-order valence-corrected chi connectivity index (χ3v) is 4.79. The minimum atomic E-state index is -0.210. The smallest absolute Gasteiger partial charge is 0.257 e. The molecule has 3 rings (SSSR count). The molecule has 6 nitrogen and oxygen atoms in total. The number of carbonyl (C=O) groups excluding carboxylic acids is 1. The van der Waals surface area contributed by atoms with Crippen molar-refractivity contribution in [3.8, 4) is 17.2 Å². The normalized spacial score (nSPS) is 12.0. The topological polar surface area (TPSA) is 69.7 Å². The third kappa shape index (κ3) is 7.05. The lowest BCUT2D eigenvalue weighted by atomic mass is 10.1. The molecule has 1 N–H and O–H groups in total. The van der Waals surface area contributed by atoms with Crippen molar-refractivity contribution in [2.24, 2.45) is 0 Å². The van der Waals surface area contributed by atoms with Gasteiger partial charge in [0.05, 0.1) is 35.3 Å². The zero-order valence-electron chi connectivity index (χ0n) is 20.1. The highest BCUT2D eigenvalue weighted by atomic mass is 16.5. The van der Waals surface area contributed by atoms with E-state index in [1.165, 1.54) is 0 Å². The average molecular weight is 449 g/mol. The molecule has 0 saturated heterocycles. The Kier molecular flexibility index (Phi) is 8.06. The van der Waals surface area contributed by atoms with E-state index in [9.17, 15) is 4.79 Å². The van der Waals surface area contributed by atoms with Gasteiger partial charge < -0.3 is 19.5 Å². The monoisotopic (exact) mass is 448 g/mol. The summed E-state index contributed by atoms with van der Waals surface area (Å²) in [7, 11) is 0. The number of anilines is 1. The molecule has 1 amide bonds. The minimum Gasteiger partial charge on any atom is -0.491 e. The molecule has 0 bridgehead atoms. The van der Waals surface area contributed by atoms with Crippen LogP contribution < -0.4 is 14.8 Å². The van der Waals surface area contributed by atoms with Crippen molar-refractivity contribution in [3.63, 3.8) is 0 Å². The van der Waals surface area contributed by atoms with Crippen molar-refractivity contribution in [1.29, 1.82) is 0 Å². The van der Waals surface area contributed by atoms with Gasteiger partial charge in [-0.2, -0.15) is 0 Å². The van der Waals surface area contributed by atoms with Crippen LogP contribution in [0.5, 0.6) is 17.2 Å². The van der Waals surface area contributed by atoms with Crippen LogP contribution >= 0.6 is 0 Å². The summed E-state index contributed by atoms with van der Waals surface area (Å²) < 4.78 is 17.3. The van der Waals surface area contributed by atoms with Gasteiger partial charge in [-0.1, -0.05) is 0 Å². The van der Waals surface area contributed by atoms with Crippen molar-refractivity contribution >= 4 is 11.6 Å². The molecule has 0 aliphatic carbocycles. The Morgan fingerprint density at radius 3 is 1.91 bits per heavy atom. The molecule has 0 fully saturated rings. The molecule has 33 heavy (non-hydrogen) atoms. The number of ether oxygens (including phenoxy) is 3. The highest BCUT2D eigenvalue weighted by molar-refractivity contribution is 6.05. The summed E-state index contributed by atoms with van der Waals surface area (Å²) in [5.74, 6) is 1.97. The molecule has 2 aromatic carbocycles. The van der Waals surface area contributed by atoms with E-state index < -0.39 is 0 Å². The lowest BCUT2D eigenvalue weighted by molar-refractivity contribution is 0.0154. The Labute approximate surface area is 195 Å². The average Bonchev–Trinajstić information content (AvgIpc) is 2.75. The lowest BCUT2D eigenvalue weighted by Crippen LogP contribution is -2.16. The number of aryl methyl sites for hydroxylation is 1. The Morgan fingerprint density at radius 1 is 0.788 bits per heavy atom. The summed E-state index contributed by atoms with van der Waals surface area (Å²) in [5.41, 5.74) is 2.67. The second-order valence-corrected chi connectivity index (χ2v) is 8.41. The predicted octanol–water partition coefficient (Wildman–Crippen LogP) is 6.71. The van der Waals surface area contributed by atoms with Gasteiger partial charge in [0.1, 0.15) is 17.2 Å². The molecule has 1 unspecified atom stereocenters. The van der Waals surface area contributed by atoms with Gasteiger partial charge in [0, 0.05) is 5.69 Å². The second kappa shape index (κ2) is 11.0. The number of rotatable bonds is 9. The third-order valence-electron chi connectivity index (χ3n) is 4.79. The molecule has 1 heterocycles. The lowest BCUT2D eigenvalue weighted by Gasteiger charge is -2.17. The number of aromatic nitrogens is 1. The number of hydrogen-bond acceptors (Lipinski definition) is 5. The zero-order valence-corrected chi connectivity index (χ0v) is 20.1. The van der Waals surface area contributed by atoms with Crippen LogP contribution in [0.3, 0.4) is 0 Å². The molecular formula is C27H32N2O4. The predicted molar refractivity (Wildman–Crippen MR) is 130 cm³/mol. The molecule has 0 aliphatic rings. The number of nitrogens with zero attached hydrogens (tertiary/aromatic N) is 1.